The van der Waals surface area contributed by atoms with Crippen molar-refractivity contribution >= 4 is 20.0 Å². The van der Waals surface area contributed by atoms with Crippen LogP contribution in [0.3, 0.4) is 0 Å². The molecule has 0 heterocycles. The molecule has 0 saturated heterocycles. The third-order valence-corrected chi connectivity index (χ3v) is 5.78. The fourth-order valence-electron chi connectivity index (χ4n) is 1.74. The smallest absolute Gasteiger partial charge is 0.240 e. The van der Waals surface area contributed by atoms with Crippen LogP contribution < -0.4 is 4.72 Å². The summed E-state index contributed by atoms with van der Waals surface area (Å²) in [5.74, 6) is 0. The minimum atomic E-state index is -3.64. The molecule has 0 amide bonds. The number of methoxy groups -OCH3 is 1. The first-order valence-corrected chi connectivity index (χ1v) is 10.0. The molecule has 1 rings (SSSR count). The molecular formula is C13H22N2O5S2. The molecule has 0 radical (unpaired) electrons. The van der Waals surface area contributed by atoms with E-state index < -0.39 is 20.0 Å². The summed E-state index contributed by atoms with van der Waals surface area (Å²) in [6.07, 6.45) is 1.08. The lowest BCUT2D eigenvalue weighted by Crippen LogP contribution is -2.39. The standard InChI is InChI=1S/C13H22N2O5S2/c1-12-4-6-13(7-5-12)22(18,19)14-8-9-15(10-11-20-2)21(3,16)17/h4-7,14H,8-11H2,1-3H3. The van der Waals surface area contributed by atoms with Crippen molar-refractivity contribution in [2.75, 3.05) is 39.6 Å². The molecule has 0 saturated carbocycles. The van der Waals surface area contributed by atoms with Gasteiger partial charge >= 0.3 is 0 Å². The Morgan fingerprint density at radius 3 is 2.18 bits per heavy atom. The van der Waals surface area contributed by atoms with E-state index in [1.54, 1.807) is 12.1 Å². The molecule has 0 atom stereocenters. The van der Waals surface area contributed by atoms with Crippen molar-refractivity contribution in [3.8, 4) is 0 Å². The maximum atomic E-state index is 12.1. The summed E-state index contributed by atoms with van der Waals surface area (Å²) >= 11 is 0. The van der Waals surface area contributed by atoms with E-state index in [1.807, 2.05) is 6.92 Å². The summed E-state index contributed by atoms with van der Waals surface area (Å²) in [5.41, 5.74) is 0.960. The molecule has 0 aliphatic heterocycles. The van der Waals surface area contributed by atoms with E-state index in [1.165, 1.54) is 23.5 Å². The van der Waals surface area contributed by atoms with Crippen molar-refractivity contribution in [2.45, 2.75) is 11.8 Å². The number of benzene rings is 1. The van der Waals surface area contributed by atoms with Crippen molar-refractivity contribution in [2.24, 2.45) is 0 Å². The van der Waals surface area contributed by atoms with E-state index in [0.717, 1.165) is 11.8 Å². The molecule has 0 unspecified atom stereocenters. The number of nitrogens with one attached hydrogen (secondary N) is 1. The number of rotatable bonds is 9. The number of hydrogen-bond acceptors (Lipinski definition) is 5. The fourth-order valence-corrected chi connectivity index (χ4v) is 3.59. The average Bonchev–Trinajstić information content (AvgIpc) is 2.41. The van der Waals surface area contributed by atoms with Crippen LogP contribution in [0.5, 0.6) is 0 Å². The zero-order chi connectivity index (χ0) is 16.8. The Balaban J connectivity index is 2.65. The summed E-state index contributed by atoms with van der Waals surface area (Å²) in [7, 11) is -5.58. The highest BCUT2D eigenvalue weighted by Gasteiger charge is 2.18. The van der Waals surface area contributed by atoms with E-state index in [0.29, 0.717) is 0 Å². The molecule has 9 heteroatoms. The summed E-state index contributed by atoms with van der Waals surface area (Å²) < 4.78 is 55.8. The Kier molecular flexibility index (Phi) is 6.95. The number of hydrogen-bond donors (Lipinski definition) is 1. The van der Waals surface area contributed by atoms with Crippen molar-refractivity contribution in [3.63, 3.8) is 0 Å². The van der Waals surface area contributed by atoms with Crippen LogP contribution >= 0.6 is 0 Å². The molecule has 126 valence electrons. The van der Waals surface area contributed by atoms with Crippen molar-refractivity contribution in [1.29, 1.82) is 0 Å². The van der Waals surface area contributed by atoms with E-state index >= 15 is 0 Å². The Morgan fingerprint density at radius 2 is 1.68 bits per heavy atom. The first kappa shape index (κ1) is 19.0. The summed E-state index contributed by atoms with van der Waals surface area (Å²) in [5, 5.41) is 0. The van der Waals surface area contributed by atoms with Gasteiger partial charge < -0.3 is 4.74 Å². The summed E-state index contributed by atoms with van der Waals surface area (Å²) in [6.45, 7) is 2.34. The molecule has 0 aliphatic carbocycles. The van der Waals surface area contributed by atoms with Gasteiger partial charge in [0.25, 0.3) is 0 Å². The summed E-state index contributed by atoms with van der Waals surface area (Å²) in [4.78, 5) is 0.154. The van der Waals surface area contributed by atoms with E-state index in [9.17, 15) is 16.8 Å². The first-order chi connectivity index (χ1) is 10.2. The number of ether oxygens (including phenoxy) is 1. The molecule has 0 bridgehead atoms. The Labute approximate surface area is 132 Å². The minimum absolute atomic E-state index is 0.00695. The van der Waals surface area contributed by atoms with E-state index in [2.05, 4.69) is 4.72 Å². The maximum Gasteiger partial charge on any atom is 0.240 e. The van der Waals surface area contributed by atoms with Gasteiger partial charge in [0.15, 0.2) is 0 Å². The third kappa shape index (κ3) is 6.01. The van der Waals surface area contributed by atoms with E-state index in [4.69, 9.17) is 4.74 Å². The van der Waals surface area contributed by atoms with Crippen molar-refractivity contribution in [1.82, 2.24) is 9.03 Å². The maximum absolute atomic E-state index is 12.1. The van der Waals surface area contributed by atoms with E-state index in [-0.39, 0.29) is 31.1 Å². The predicted octanol–water partition coefficient (Wildman–Crippen LogP) is 0.181. The fraction of sp³-hybridized carbons (Fsp3) is 0.538. The topological polar surface area (TPSA) is 92.8 Å². The van der Waals surface area contributed by atoms with Gasteiger partial charge in [-0.25, -0.2) is 21.6 Å². The zero-order valence-corrected chi connectivity index (χ0v) is 14.6. The number of aryl methyl sites for hydroxylation is 1. The van der Waals surface area contributed by atoms with Crippen LogP contribution in [0.1, 0.15) is 5.56 Å². The predicted molar refractivity (Wildman–Crippen MR) is 84.7 cm³/mol. The first-order valence-electron chi connectivity index (χ1n) is 6.67. The Morgan fingerprint density at radius 1 is 1.09 bits per heavy atom. The van der Waals surface area contributed by atoms with Crippen LogP contribution in [0.15, 0.2) is 29.2 Å². The highest BCUT2D eigenvalue weighted by atomic mass is 32.2. The minimum Gasteiger partial charge on any atom is -0.383 e. The Bertz CT molecular complexity index is 669. The van der Waals surface area contributed by atoms with Gasteiger partial charge in [-0.15, -0.1) is 0 Å². The van der Waals surface area contributed by atoms with Gasteiger partial charge in [0.05, 0.1) is 17.8 Å². The van der Waals surface area contributed by atoms with Gasteiger partial charge in [0.2, 0.25) is 20.0 Å². The number of sulfonamides is 2. The second kappa shape index (κ2) is 8.02. The van der Waals surface area contributed by atoms with Gasteiger partial charge in [0.1, 0.15) is 0 Å². The molecule has 1 aromatic rings. The highest BCUT2D eigenvalue weighted by Crippen LogP contribution is 2.09. The molecule has 1 aromatic carbocycles. The van der Waals surface area contributed by atoms with Gasteiger partial charge in [-0.1, -0.05) is 17.7 Å². The van der Waals surface area contributed by atoms with Crippen LogP contribution in [-0.4, -0.2) is 60.7 Å². The van der Waals surface area contributed by atoms with Crippen molar-refractivity contribution < 1.29 is 21.6 Å². The molecule has 0 fully saturated rings. The van der Waals surface area contributed by atoms with Crippen LogP contribution in [0.4, 0.5) is 0 Å². The molecule has 0 aromatic heterocycles. The van der Waals surface area contributed by atoms with Gasteiger partial charge in [0, 0.05) is 26.7 Å². The van der Waals surface area contributed by atoms with Crippen LogP contribution in [0, 0.1) is 6.92 Å². The second-order valence-corrected chi connectivity index (χ2v) is 8.62. The quantitative estimate of drug-likeness (QED) is 0.686. The molecule has 1 N–H and O–H groups in total. The molecule has 0 aliphatic rings. The molecule has 22 heavy (non-hydrogen) atoms. The van der Waals surface area contributed by atoms with Gasteiger partial charge in [-0.3, -0.25) is 0 Å². The van der Waals surface area contributed by atoms with Crippen molar-refractivity contribution in [3.05, 3.63) is 29.8 Å². The lowest BCUT2D eigenvalue weighted by atomic mass is 10.2. The molecule has 7 nitrogen and oxygen atoms in total. The normalized spacial score (nSPS) is 12.7. The van der Waals surface area contributed by atoms with Crippen LogP contribution in [0.2, 0.25) is 0 Å². The third-order valence-electron chi connectivity index (χ3n) is 3.00. The Hall–Kier alpha value is -1.00. The number of nitrogens with zero attached hydrogens (tertiary/aromatic N) is 1. The lowest BCUT2D eigenvalue weighted by Gasteiger charge is -2.19. The highest BCUT2D eigenvalue weighted by molar-refractivity contribution is 7.89. The SMILES string of the molecule is COCCN(CCNS(=O)(=O)c1ccc(C)cc1)S(C)(=O)=O. The average molecular weight is 350 g/mol. The molecule has 0 spiro atoms. The van der Waals surface area contributed by atoms with Gasteiger partial charge in [-0.05, 0) is 19.1 Å². The zero-order valence-electron chi connectivity index (χ0n) is 12.9. The largest absolute Gasteiger partial charge is 0.383 e. The summed E-state index contributed by atoms with van der Waals surface area (Å²) in [6, 6.07) is 6.43. The molecular weight excluding hydrogens is 328 g/mol. The van der Waals surface area contributed by atoms with Crippen LogP contribution in [0.25, 0.3) is 0 Å². The van der Waals surface area contributed by atoms with Crippen LogP contribution in [-0.2, 0) is 24.8 Å². The monoisotopic (exact) mass is 350 g/mol. The lowest BCUT2D eigenvalue weighted by molar-refractivity contribution is 0.179. The second-order valence-electron chi connectivity index (χ2n) is 4.87. The van der Waals surface area contributed by atoms with Gasteiger partial charge in [-0.2, -0.15) is 4.31 Å².